The van der Waals surface area contributed by atoms with Crippen LogP contribution in [0.5, 0.6) is 0 Å². The molecule has 0 spiro atoms. The van der Waals surface area contributed by atoms with E-state index in [1.165, 1.54) is 25.0 Å². The average Bonchev–Trinajstić information content (AvgIpc) is 2.47. The molecule has 2 heteroatoms. The molecule has 0 amide bonds. The molecule has 0 bridgehead atoms. The number of hydrogen-bond acceptors (Lipinski definition) is 1. The number of nitrogens with zero attached hydrogens (tertiary/aromatic N) is 2. The molecule has 1 rings (SSSR count). The molecule has 1 unspecified atom stereocenters. The van der Waals surface area contributed by atoms with Gasteiger partial charge in [-0.2, -0.15) is 5.10 Å². The smallest absolute Gasteiger partial charge is 0.0519 e. The first-order chi connectivity index (χ1) is 5.79. The molecule has 12 heavy (non-hydrogen) atoms. The van der Waals surface area contributed by atoms with E-state index in [-0.39, 0.29) is 0 Å². The summed E-state index contributed by atoms with van der Waals surface area (Å²) < 4.78 is 2.14. The normalized spacial score (nSPS) is 13.2. The van der Waals surface area contributed by atoms with Gasteiger partial charge in [-0.05, 0) is 25.8 Å². The van der Waals surface area contributed by atoms with Gasteiger partial charge in [-0.3, -0.25) is 4.68 Å². The van der Waals surface area contributed by atoms with E-state index in [4.69, 9.17) is 0 Å². The second-order valence-electron chi connectivity index (χ2n) is 3.27. The van der Waals surface area contributed by atoms with E-state index in [0.717, 1.165) is 0 Å². The van der Waals surface area contributed by atoms with Crippen molar-refractivity contribution in [2.45, 2.75) is 46.1 Å². The van der Waals surface area contributed by atoms with Crippen LogP contribution in [-0.4, -0.2) is 9.78 Å². The van der Waals surface area contributed by atoms with Crippen LogP contribution in [0.3, 0.4) is 0 Å². The van der Waals surface area contributed by atoms with Gasteiger partial charge in [0.2, 0.25) is 0 Å². The second kappa shape index (κ2) is 4.29. The molecular weight excluding hydrogens is 148 g/mol. The maximum absolute atomic E-state index is 4.32. The molecule has 0 saturated carbocycles. The summed E-state index contributed by atoms with van der Waals surface area (Å²) in [7, 11) is 0. The summed E-state index contributed by atoms with van der Waals surface area (Å²) in [6.07, 6.45) is 5.53. The van der Waals surface area contributed by atoms with Crippen molar-refractivity contribution in [3.63, 3.8) is 0 Å². The first-order valence-electron chi connectivity index (χ1n) is 4.79. The lowest BCUT2D eigenvalue weighted by Gasteiger charge is -2.16. The van der Waals surface area contributed by atoms with Gasteiger partial charge in [-0.1, -0.05) is 20.3 Å². The SMILES string of the molecule is CCCC(CC)n1nccc1C. The summed E-state index contributed by atoms with van der Waals surface area (Å²) in [5, 5.41) is 4.32. The number of hydrogen-bond donors (Lipinski definition) is 0. The number of aromatic nitrogens is 2. The topological polar surface area (TPSA) is 17.8 Å². The Balaban J connectivity index is 2.72. The Morgan fingerprint density at radius 3 is 2.67 bits per heavy atom. The van der Waals surface area contributed by atoms with Crippen LogP contribution >= 0.6 is 0 Å². The molecule has 0 fully saturated rings. The maximum Gasteiger partial charge on any atom is 0.0519 e. The highest BCUT2D eigenvalue weighted by molar-refractivity contribution is 4.98. The van der Waals surface area contributed by atoms with Crippen molar-refractivity contribution >= 4 is 0 Å². The molecule has 0 aliphatic carbocycles. The predicted molar refractivity (Wildman–Crippen MR) is 51.2 cm³/mol. The molecular formula is C10H18N2. The number of aryl methyl sites for hydroxylation is 1. The highest BCUT2D eigenvalue weighted by Crippen LogP contribution is 2.18. The Labute approximate surface area is 74.6 Å². The van der Waals surface area contributed by atoms with Gasteiger partial charge in [0.05, 0.1) is 6.04 Å². The van der Waals surface area contributed by atoms with Gasteiger partial charge in [-0.25, -0.2) is 0 Å². The fraction of sp³-hybridized carbons (Fsp3) is 0.700. The van der Waals surface area contributed by atoms with Crippen molar-refractivity contribution in [1.29, 1.82) is 0 Å². The largest absolute Gasteiger partial charge is 0.267 e. The maximum atomic E-state index is 4.32. The second-order valence-corrected chi connectivity index (χ2v) is 3.27. The lowest BCUT2D eigenvalue weighted by Crippen LogP contribution is -2.10. The minimum absolute atomic E-state index is 0.602. The van der Waals surface area contributed by atoms with Crippen LogP contribution in [0.25, 0.3) is 0 Å². The third-order valence-electron chi connectivity index (χ3n) is 2.31. The van der Waals surface area contributed by atoms with E-state index >= 15 is 0 Å². The Kier molecular flexibility index (Phi) is 3.32. The van der Waals surface area contributed by atoms with Crippen LogP contribution in [0.4, 0.5) is 0 Å². The van der Waals surface area contributed by atoms with E-state index in [0.29, 0.717) is 6.04 Å². The van der Waals surface area contributed by atoms with E-state index in [1.807, 2.05) is 6.20 Å². The van der Waals surface area contributed by atoms with Crippen LogP contribution in [0.15, 0.2) is 12.3 Å². The monoisotopic (exact) mass is 166 g/mol. The van der Waals surface area contributed by atoms with Crippen LogP contribution < -0.4 is 0 Å². The van der Waals surface area contributed by atoms with Crippen LogP contribution in [0.1, 0.15) is 44.8 Å². The summed E-state index contributed by atoms with van der Waals surface area (Å²) in [4.78, 5) is 0. The van der Waals surface area contributed by atoms with E-state index in [1.54, 1.807) is 0 Å². The molecule has 0 radical (unpaired) electrons. The highest BCUT2D eigenvalue weighted by atomic mass is 15.3. The fourth-order valence-electron chi connectivity index (χ4n) is 1.60. The Bertz CT molecular complexity index is 227. The minimum atomic E-state index is 0.602. The van der Waals surface area contributed by atoms with Gasteiger partial charge in [-0.15, -0.1) is 0 Å². The first-order valence-corrected chi connectivity index (χ1v) is 4.79. The fourth-order valence-corrected chi connectivity index (χ4v) is 1.60. The summed E-state index contributed by atoms with van der Waals surface area (Å²) >= 11 is 0. The lowest BCUT2D eigenvalue weighted by atomic mass is 10.1. The van der Waals surface area contributed by atoms with E-state index in [2.05, 4.69) is 36.6 Å². The lowest BCUT2D eigenvalue weighted by molar-refractivity contribution is 0.401. The average molecular weight is 166 g/mol. The Morgan fingerprint density at radius 2 is 2.25 bits per heavy atom. The molecule has 0 N–H and O–H groups in total. The van der Waals surface area contributed by atoms with E-state index in [9.17, 15) is 0 Å². The van der Waals surface area contributed by atoms with Gasteiger partial charge in [0.15, 0.2) is 0 Å². The quantitative estimate of drug-likeness (QED) is 0.672. The van der Waals surface area contributed by atoms with E-state index < -0.39 is 0 Å². The molecule has 68 valence electrons. The minimum Gasteiger partial charge on any atom is -0.267 e. The summed E-state index contributed by atoms with van der Waals surface area (Å²) in [6.45, 7) is 6.56. The highest BCUT2D eigenvalue weighted by Gasteiger charge is 2.08. The first kappa shape index (κ1) is 9.30. The standard InChI is InChI=1S/C10H18N2/c1-4-6-10(5-2)12-9(3)7-8-11-12/h7-8,10H,4-6H2,1-3H3. The molecule has 0 aliphatic rings. The summed E-state index contributed by atoms with van der Waals surface area (Å²) in [5.41, 5.74) is 1.27. The summed E-state index contributed by atoms with van der Waals surface area (Å²) in [6, 6.07) is 2.67. The zero-order valence-corrected chi connectivity index (χ0v) is 8.25. The zero-order chi connectivity index (χ0) is 8.97. The van der Waals surface area contributed by atoms with Gasteiger partial charge in [0.25, 0.3) is 0 Å². The van der Waals surface area contributed by atoms with Crippen LogP contribution in [-0.2, 0) is 0 Å². The van der Waals surface area contributed by atoms with Gasteiger partial charge < -0.3 is 0 Å². The third-order valence-corrected chi connectivity index (χ3v) is 2.31. The molecule has 1 heterocycles. The Hall–Kier alpha value is -0.790. The van der Waals surface area contributed by atoms with Gasteiger partial charge in [0, 0.05) is 11.9 Å². The van der Waals surface area contributed by atoms with Crippen LogP contribution in [0.2, 0.25) is 0 Å². The third kappa shape index (κ3) is 1.87. The van der Waals surface area contributed by atoms with Crippen molar-refractivity contribution in [1.82, 2.24) is 9.78 Å². The van der Waals surface area contributed by atoms with Crippen molar-refractivity contribution in [3.05, 3.63) is 18.0 Å². The van der Waals surface area contributed by atoms with Gasteiger partial charge >= 0.3 is 0 Å². The molecule has 1 atom stereocenters. The Morgan fingerprint density at radius 1 is 1.50 bits per heavy atom. The van der Waals surface area contributed by atoms with Crippen molar-refractivity contribution in [2.75, 3.05) is 0 Å². The van der Waals surface area contributed by atoms with Crippen molar-refractivity contribution < 1.29 is 0 Å². The van der Waals surface area contributed by atoms with Crippen LogP contribution in [0, 0.1) is 6.92 Å². The zero-order valence-electron chi connectivity index (χ0n) is 8.25. The molecule has 0 aromatic carbocycles. The molecule has 2 nitrogen and oxygen atoms in total. The van der Waals surface area contributed by atoms with Gasteiger partial charge in [0.1, 0.15) is 0 Å². The molecule has 0 aliphatic heterocycles. The molecule has 1 aromatic rings. The van der Waals surface area contributed by atoms with Crippen molar-refractivity contribution in [2.24, 2.45) is 0 Å². The molecule has 0 saturated heterocycles. The van der Waals surface area contributed by atoms with Crippen molar-refractivity contribution in [3.8, 4) is 0 Å². The molecule has 1 aromatic heterocycles. The number of rotatable bonds is 4. The predicted octanol–water partition coefficient (Wildman–Crippen LogP) is 2.94. The summed E-state index contributed by atoms with van der Waals surface area (Å²) in [5.74, 6) is 0.